The first kappa shape index (κ1) is 100. The molecule has 3 aromatic carbocycles. The number of carbonyl (C=O) groups is 11. The van der Waals surface area contributed by atoms with Crippen LogP contribution >= 0.6 is 0 Å². The number of methoxy groups -OCH3 is 2. The standard InChI is InChI=1S/C87H131F4N9O18/c1-17-55(8)80(98(14)85(109)65(52(2)3)49-69(103)79(54(6)7)97(12)13)70(112-15)50-73(106)100-35-22-26-66(100)81(113-16)57(10)67(101)48-63(46-59-23-19-18-20-24-59)83(107)94-51-60-27-29-64(30-28-60)95-84(108)61(25-21-34-93-87(92)111)47-68(102)78(53(4)5)96-71(104)32-37-114-39-41-116-43-44-117-42-40-115-38-33-72(105)99-36-31-62(45-56(99)9)86(110)118-82-75(89)58(11)74(88)76(90)77(82)91/h18-20,23-24,27-30,52-57,61-63,65-66,70,78-81H,17,21-22,25-26,31-51H2,1-16H3,(H,94,107)(H,95,108)(H,96,104)(H3,92,93,111)/t55-,56?,57-,61+,62?,63+,65-,66-,70+,78-,79-,80-,81+/m0/s1. The van der Waals surface area contributed by atoms with Gasteiger partial charge in [-0.3, -0.25) is 52.8 Å². The SMILES string of the molecule is CC[C@H](C)[C@@H]([C@@H](CC(=O)N1CCC[C@H]1[C@H](OC)[C@@H](C)C(=O)C[C@@H](Cc1ccccc1)C(=O)NCc1ccc(NC(=O)[C@H](CCCNC(N)=O)CC(=O)[C@@H](NC(=O)CCOCCOCCOCCOCCC(=O)N2CCC(C(=O)Oc3c(F)c(C)c(F)c(F)c3F)CC2C)C(C)C)cc1)OC)N(C)C(=O)[C@@H](CC(=O)[C@H](C(C)C)N(C)C)C(C)C. The molecule has 660 valence electrons. The highest BCUT2D eigenvalue weighted by atomic mass is 19.2. The van der Waals surface area contributed by atoms with Gasteiger partial charge in [0.15, 0.2) is 29.0 Å². The number of urea groups is 1. The molecule has 2 unspecified atom stereocenters. The molecule has 2 aliphatic heterocycles. The van der Waals surface area contributed by atoms with Gasteiger partial charge >= 0.3 is 12.0 Å². The predicted molar refractivity (Wildman–Crippen MR) is 436 cm³/mol. The van der Waals surface area contributed by atoms with Gasteiger partial charge in [-0.1, -0.05) is 111 Å². The van der Waals surface area contributed by atoms with Gasteiger partial charge in [-0.2, -0.15) is 4.39 Å². The van der Waals surface area contributed by atoms with Crippen LogP contribution in [0.3, 0.4) is 0 Å². The zero-order valence-electron chi connectivity index (χ0n) is 72.0. The minimum absolute atomic E-state index is 0.00346. The van der Waals surface area contributed by atoms with E-state index in [1.165, 1.54) is 7.11 Å². The molecule has 0 aromatic heterocycles. The van der Waals surface area contributed by atoms with Crippen LogP contribution in [0.1, 0.15) is 169 Å². The van der Waals surface area contributed by atoms with E-state index in [1.54, 1.807) is 80.8 Å². The molecule has 3 aromatic rings. The van der Waals surface area contributed by atoms with Crippen molar-refractivity contribution < 1.29 is 103 Å². The lowest BCUT2D eigenvalue weighted by Crippen LogP contribution is -2.54. The second-order valence-corrected chi connectivity index (χ2v) is 32.6. The molecule has 27 nitrogen and oxygen atoms in total. The molecule has 0 spiro atoms. The molecule has 31 heteroatoms. The van der Waals surface area contributed by atoms with E-state index in [1.807, 2.05) is 90.9 Å². The summed E-state index contributed by atoms with van der Waals surface area (Å²) in [6.07, 6.45) is 1.15. The third-order valence-corrected chi connectivity index (χ3v) is 22.6. The molecule has 0 aliphatic carbocycles. The third kappa shape index (κ3) is 30.7. The van der Waals surface area contributed by atoms with Crippen molar-refractivity contribution in [2.45, 2.75) is 215 Å². The molecule has 13 atom stereocenters. The van der Waals surface area contributed by atoms with Crippen molar-refractivity contribution in [2.75, 3.05) is 113 Å². The van der Waals surface area contributed by atoms with E-state index in [-0.39, 0.29) is 207 Å². The summed E-state index contributed by atoms with van der Waals surface area (Å²) in [5.41, 5.74) is 6.41. The number of carbonyl (C=O) groups excluding carboxylic acids is 11. The number of nitrogens with zero attached hydrogens (tertiary/aromatic N) is 4. The number of esters is 1. The minimum atomic E-state index is -1.95. The number of Topliss-reactive ketones (excluding diaryl/α,β-unsaturated/α-hetero) is 3. The minimum Gasteiger partial charge on any atom is -0.420 e. The Hall–Kier alpha value is -8.33. The third-order valence-electron chi connectivity index (χ3n) is 22.6. The zero-order chi connectivity index (χ0) is 87.6. The van der Waals surface area contributed by atoms with E-state index >= 15 is 0 Å². The molecule has 0 bridgehead atoms. The van der Waals surface area contributed by atoms with Crippen LogP contribution < -0.4 is 31.7 Å². The lowest BCUT2D eigenvalue weighted by molar-refractivity contribution is -0.149. The van der Waals surface area contributed by atoms with E-state index in [0.29, 0.717) is 43.5 Å². The lowest BCUT2D eigenvalue weighted by atomic mass is 9.83. The van der Waals surface area contributed by atoms with Gasteiger partial charge in [0.25, 0.3) is 0 Å². The number of hydrogen-bond donors (Lipinski definition) is 5. The first-order chi connectivity index (χ1) is 56.0. The van der Waals surface area contributed by atoms with Crippen LogP contribution in [0, 0.1) is 83.5 Å². The number of nitrogens with two attached hydrogens (primary N) is 1. The number of benzene rings is 3. The number of hydrogen-bond acceptors (Lipinski definition) is 19. The highest BCUT2D eigenvalue weighted by Gasteiger charge is 2.45. The van der Waals surface area contributed by atoms with E-state index < -0.39 is 124 Å². The van der Waals surface area contributed by atoms with Crippen molar-refractivity contribution in [1.82, 2.24) is 35.6 Å². The average Bonchev–Trinajstić information content (AvgIpc) is 1.11. The summed E-state index contributed by atoms with van der Waals surface area (Å²) in [4.78, 5) is 158. The predicted octanol–water partition coefficient (Wildman–Crippen LogP) is 9.91. The Labute approximate surface area is 694 Å². The second kappa shape index (κ2) is 50.7. The first-order valence-electron chi connectivity index (χ1n) is 41.5. The Morgan fingerprint density at radius 3 is 1.79 bits per heavy atom. The van der Waals surface area contributed by atoms with Crippen molar-refractivity contribution >= 4 is 70.5 Å². The Balaban J connectivity index is 1.07. The Morgan fingerprint density at radius 1 is 0.619 bits per heavy atom. The van der Waals surface area contributed by atoms with Gasteiger partial charge in [-0.05, 0) is 120 Å². The Morgan fingerprint density at radius 2 is 1.23 bits per heavy atom. The molecule has 0 radical (unpaired) electrons. The normalized spacial score (nSPS) is 17.6. The molecular formula is C87H131F4N9O18. The number of amides is 8. The molecule has 6 N–H and O–H groups in total. The number of ether oxygens (including phenoxy) is 7. The number of primary amides is 1. The van der Waals surface area contributed by atoms with Crippen molar-refractivity contribution in [3.63, 3.8) is 0 Å². The van der Waals surface area contributed by atoms with E-state index in [9.17, 15) is 70.3 Å². The van der Waals surface area contributed by atoms with Gasteiger partial charge in [0.2, 0.25) is 47.0 Å². The summed E-state index contributed by atoms with van der Waals surface area (Å²) in [6, 6.07) is 12.7. The zero-order valence-corrected chi connectivity index (χ0v) is 72.0. The van der Waals surface area contributed by atoms with Crippen molar-refractivity contribution in [1.29, 1.82) is 0 Å². The number of likely N-dealkylation sites (N-methyl/N-ethyl adjacent to an activating group) is 2. The maximum atomic E-state index is 14.7. The van der Waals surface area contributed by atoms with Crippen LogP contribution in [0.25, 0.3) is 0 Å². The highest BCUT2D eigenvalue weighted by Crippen LogP contribution is 2.35. The summed E-state index contributed by atoms with van der Waals surface area (Å²) < 4.78 is 95.8. The molecule has 118 heavy (non-hydrogen) atoms. The number of likely N-dealkylation sites (tertiary alicyclic amines) is 2. The van der Waals surface area contributed by atoms with E-state index in [4.69, 9.17) is 38.9 Å². The second-order valence-electron chi connectivity index (χ2n) is 32.6. The molecule has 0 saturated carbocycles. The van der Waals surface area contributed by atoms with Gasteiger partial charge in [-0.15, -0.1) is 0 Å². The maximum absolute atomic E-state index is 14.7. The summed E-state index contributed by atoms with van der Waals surface area (Å²) in [5.74, 6) is -16.3. The van der Waals surface area contributed by atoms with E-state index in [0.717, 1.165) is 12.5 Å². The molecule has 2 saturated heterocycles. The summed E-state index contributed by atoms with van der Waals surface area (Å²) in [5, 5.41) is 11.2. The fourth-order valence-electron chi connectivity index (χ4n) is 15.8. The van der Waals surface area contributed by atoms with Gasteiger partial charge < -0.3 is 74.9 Å². The Bertz CT molecular complexity index is 3710. The Kier molecular flexibility index (Phi) is 43.0. The van der Waals surface area contributed by atoms with Gasteiger partial charge in [0.05, 0.1) is 108 Å². The number of ketones is 3. The van der Waals surface area contributed by atoms with Gasteiger partial charge in [0, 0.05) is 114 Å². The number of halogens is 4. The summed E-state index contributed by atoms with van der Waals surface area (Å²) >= 11 is 0. The van der Waals surface area contributed by atoms with Crippen molar-refractivity contribution in [2.24, 2.45) is 59.0 Å². The molecule has 2 heterocycles. The topological polar surface area (TPSA) is 339 Å². The summed E-state index contributed by atoms with van der Waals surface area (Å²) in [7, 11) is 8.56. The van der Waals surface area contributed by atoms with Gasteiger partial charge in [-0.25, -0.2) is 18.0 Å². The van der Waals surface area contributed by atoms with Crippen LogP contribution in [0.2, 0.25) is 0 Å². The van der Waals surface area contributed by atoms with Crippen molar-refractivity contribution in [3.05, 3.63) is 94.6 Å². The fourth-order valence-corrected chi connectivity index (χ4v) is 15.8. The van der Waals surface area contributed by atoms with Crippen LogP contribution in [-0.4, -0.2) is 235 Å². The number of anilines is 1. The number of rotatable bonds is 53. The molecule has 2 fully saturated rings. The monoisotopic (exact) mass is 1670 g/mol. The molecule has 5 rings (SSSR count). The van der Waals surface area contributed by atoms with Crippen LogP contribution in [0.15, 0.2) is 54.6 Å². The van der Waals surface area contributed by atoms with Crippen LogP contribution in [0.4, 0.5) is 28.0 Å². The van der Waals surface area contributed by atoms with Crippen LogP contribution in [-0.2, 0) is 89.3 Å². The highest BCUT2D eigenvalue weighted by molar-refractivity contribution is 5.98. The molecule has 8 amide bonds. The fraction of sp³-hybridized carbons (Fsp3) is 0.667. The largest absolute Gasteiger partial charge is 0.420 e. The molecular weight excluding hydrogens is 1530 g/mol. The van der Waals surface area contributed by atoms with Crippen LogP contribution in [0.5, 0.6) is 5.75 Å². The quantitative estimate of drug-likeness (QED) is 0.00876. The number of piperidine rings is 1. The smallest absolute Gasteiger partial charge is 0.314 e. The lowest BCUT2D eigenvalue weighted by Gasteiger charge is -2.41. The van der Waals surface area contributed by atoms with E-state index in [2.05, 4.69) is 21.3 Å². The van der Waals surface area contributed by atoms with Gasteiger partial charge in [0.1, 0.15) is 5.78 Å². The number of nitrogens with one attached hydrogen (secondary N) is 4. The first-order valence-corrected chi connectivity index (χ1v) is 41.5. The average molecular weight is 1670 g/mol. The van der Waals surface area contributed by atoms with Crippen molar-refractivity contribution in [3.8, 4) is 5.75 Å². The summed E-state index contributed by atoms with van der Waals surface area (Å²) in [6.45, 7) is 22.0. The maximum Gasteiger partial charge on any atom is 0.314 e. The molecule has 2 aliphatic rings.